The highest BCUT2D eigenvalue weighted by Crippen LogP contribution is 2.26. The van der Waals surface area contributed by atoms with E-state index in [-0.39, 0.29) is 4.90 Å². The van der Waals surface area contributed by atoms with Crippen molar-refractivity contribution in [3.05, 3.63) is 28.3 Å². The third-order valence-electron chi connectivity index (χ3n) is 2.67. The Morgan fingerprint density at radius 2 is 1.73 bits per heavy atom. The zero-order chi connectivity index (χ0) is 11.8. The van der Waals surface area contributed by atoms with Crippen LogP contribution in [0.4, 0.5) is 0 Å². The Hall–Kier alpha value is -0.870. The Kier molecular flexibility index (Phi) is 3.21. The molecular formula is C11H16O3S. The Labute approximate surface area is 90.9 Å². The van der Waals surface area contributed by atoms with Gasteiger partial charge in [0.1, 0.15) is 0 Å². The zero-order valence-electron chi connectivity index (χ0n) is 9.46. The maximum atomic E-state index is 11.2. The number of hydrogen-bond acceptors (Lipinski definition) is 2. The van der Waals surface area contributed by atoms with Gasteiger partial charge in [-0.25, -0.2) is 0 Å². The molecule has 15 heavy (non-hydrogen) atoms. The summed E-state index contributed by atoms with van der Waals surface area (Å²) in [6, 6.07) is 1.80. The molecule has 0 heterocycles. The molecule has 0 saturated heterocycles. The molecular weight excluding hydrogens is 212 g/mol. The van der Waals surface area contributed by atoms with Crippen molar-refractivity contribution in [3.63, 3.8) is 0 Å². The molecule has 84 valence electrons. The molecule has 1 aromatic carbocycles. The summed E-state index contributed by atoms with van der Waals surface area (Å²) in [5, 5.41) is 0. The van der Waals surface area contributed by atoms with E-state index in [1.54, 1.807) is 19.9 Å². The first-order valence-electron chi connectivity index (χ1n) is 4.86. The quantitative estimate of drug-likeness (QED) is 0.791. The SMILES string of the molecule is CCc1c(C)cc(C)c(S(=O)(=O)O)c1C. The zero-order valence-corrected chi connectivity index (χ0v) is 10.3. The second-order valence-corrected chi connectivity index (χ2v) is 5.13. The lowest BCUT2D eigenvalue weighted by Gasteiger charge is -2.14. The first-order chi connectivity index (χ1) is 6.79. The molecule has 0 unspecified atom stereocenters. The van der Waals surface area contributed by atoms with Gasteiger partial charge in [0, 0.05) is 0 Å². The average molecular weight is 228 g/mol. The summed E-state index contributed by atoms with van der Waals surface area (Å²) in [6.45, 7) is 7.36. The van der Waals surface area contributed by atoms with Crippen LogP contribution in [-0.4, -0.2) is 13.0 Å². The summed E-state index contributed by atoms with van der Waals surface area (Å²) >= 11 is 0. The summed E-state index contributed by atoms with van der Waals surface area (Å²) in [7, 11) is -4.11. The van der Waals surface area contributed by atoms with E-state index in [9.17, 15) is 8.42 Å². The van der Waals surface area contributed by atoms with Crippen molar-refractivity contribution in [2.45, 2.75) is 39.0 Å². The molecule has 0 bridgehead atoms. The van der Waals surface area contributed by atoms with Gasteiger partial charge < -0.3 is 0 Å². The molecule has 0 saturated carbocycles. The van der Waals surface area contributed by atoms with Crippen LogP contribution >= 0.6 is 0 Å². The first-order valence-corrected chi connectivity index (χ1v) is 6.30. The van der Waals surface area contributed by atoms with Gasteiger partial charge in [-0.05, 0) is 49.4 Å². The third-order valence-corrected chi connectivity index (χ3v) is 3.82. The fourth-order valence-electron chi connectivity index (χ4n) is 2.15. The van der Waals surface area contributed by atoms with E-state index in [0.717, 1.165) is 17.5 Å². The highest BCUT2D eigenvalue weighted by molar-refractivity contribution is 7.86. The lowest BCUT2D eigenvalue weighted by Crippen LogP contribution is -2.07. The molecule has 0 aliphatic carbocycles. The van der Waals surface area contributed by atoms with E-state index in [1.165, 1.54) is 0 Å². The van der Waals surface area contributed by atoms with E-state index >= 15 is 0 Å². The molecule has 1 aromatic rings. The molecule has 1 N–H and O–H groups in total. The van der Waals surface area contributed by atoms with Gasteiger partial charge in [-0.3, -0.25) is 4.55 Å². The molecule has 0 amide bonds. The maximum Gasteiger partial charge on any atom is 0.295 e. The van der Waals surface area contributed by atoms with Crippen molar-refractivity contribution < 1.29 is 13.0 Å². The standard InChI is InChI=1S/C11H16O3S/c1-5-10-7(2)6-8(3)11(9(10)4)15(12,13)14/h6H,5H2,1-4H3,(H,12,13,14). The number of hydrogen-bond donors (Lipinski definition) is 1. The topological polar surface area (TPSA) is 54.4 Å². The maximum absolute atomic E-state index is 11.2. The smallest absolute Gasteiger partial charge is 0.282 e. The first kappa shape index (κ1) is 12.2. The summed E-state index contributed by atoms with van der Waals surface area (Å²) in [6.07, 6.45) is 0.764. The molecule has 4 heteroatoms. The molecule has 0 spiro atoms. The minimum atomic E-state index is -4.11. The van der Waals surface area contributed by atoms with Crippen LogP contribution < -0.4 is 0 Å². The van der Waals surface area contributed by atoms with Gasteiger partial charge in [-0.15, -0.1) is 0 Å². The number of aryl methyl sites for hydroxylation is 2. The van der Waals surface area contributed by atoms with E-state index in [2.05, 4.69) is 0 Å². The van der Waals surface area contributed by atoms with E-state index in [4.69, 9.17) is 4.55 Å². The molecule has 0 aromatic heterocycles. The molecule has 0 radical (unpaired) electrons. The fourth-order valence-corrected chi connectivity index (χ4v) is 3.12. The second-order valence-electron chi connectivity index (χ2n) is 3.77. The van der Waals surface area contributed by atoms with E-state index in [0.29, 0.717) is 11.1 Å². The Morgan fingerprint density at radius 3 is 2.13 bits per heavy atom. The van der Waals surface area contributed by atoms with Crippen LogP contribution in [0.15, 0.2) is 11.0 Å². The van der Waals surface area contributed by atoms with Crippen LogP contribution in [0.25, 0.3) is 0 Å². The third kappa shape index (κ3) is 2.21. The van der Waals surface area contributed by atoms with E-state index in [1.807, 2.05) is 13.8 Å². The Balaban J connectivity index is 3.68. The van der Waals surface area contributed by atoms with Gasteiger partial charge in [0.25, 0.3) is 10.1 Å². The number of benzene rings is 1. The van der Waals surface area contributed by atoms with Gasteiger partial charge in [0.05, 0.1) is 4.90 Å². The average Bonchev–Trinajstić information content (AvgIpc) is 2.00. The summed E-state index contributed by atoms with van der Waals surface area (Å²) in [5.74, 6) is 0. The largest absolute Gasteiger partial charge is 0.295 e. The lowest BCUT2D eigenvalue weighted by molar-refractivity contribution is 0.481. The van der Waals surface area contributed by atoms with Crippen LogP contribution in [0.3, 0.4) is 0 Å². The van der Waals surface area contributed by atoms with Crippen molar-refractivity contribution in [2.24, 2.45) is 0 Å². The fraction of sp³-hybridized carbons (Fsp3) is 0.455. The van der Waals surface area contributed by atoms with Crippen LogP contribution in [-0.2, 0) is 16.5 Å². The second kappa shape index (κ2) is 3.94. The predicted molar refractivity (Wildman–Crippen MR) is 59.8 cm³/mol. The van der Waals surface area contributed by atoms with E-state index < -0.39 is 10.1 Å². The molecule has 0 atom stereocenters. The van der Waals surface area contributed by atoms with Gasteiger partial charge >= 0.3 is 0 Å². The molecule has 1 rings (SSSR count). The van der Waals surface area contributed by atoms with Crippen LogP contribution in [0.5, 0.6) is 0 Å². The highest BCUT2D eigenvalue weighted by atomic mass is 32.2. The van der Waals surface area contributed by atoms with Crippen LogP contribution in [0.1, 0.15) is 29.2 Å². The summed E-state index contributed by atoms with van der Waals surface area (Å²) in [4.78, 5) is 0.0601. The number of rotatable bonds is 2. The molecule has 0 aliphatic rings. The van der Waals surface area contributed by atoms with Crippen molar-refractivity contribution in [3.8, 4) is 0 Å². The van der Waals surface area contributed by atoms with Gasteiger partial charge in [0.15, 0.2) is 0 Å². The summed E-state index contributed by atoms with van der Waals surface area (Å²) in [5.41, 5.74) is 3.33. The monoisotopic (exact) mass is 228 g/mol. The predicted octanol–water partition coefficient (Wildman–Crippen LogP) is 2.42. The van der Waals surface area contributed by atoms with Crippen molar-refractivity contribution in [1.29, 1.82) is 0 Å². The van der Waals surface area contributed by atoms with Crippen molar-refractivity contribution in [1.82, 2.24) is 0 Å². The van der Waals surface area contributed by atoms with Crippen molar-refractivity contribution >= 4 is 10.1 Å². The Morgan fingerprint density at radius 1 is 1.20 bits per heavy atom. The molecule has 0 fully saturated rings. The lowest BCUT2D eigenvalue weighted by atomic mass is 9.98. The minimum Gasteiger partial charge on any atom is -0.282 e. The van der Waals surface area contributed by atoms with Crippen molar-refractivity contribution in [2.75, 3.05) is 0 Å². The van der Waals surface area contributed by atoms with Gasteiger partial charge in [-0.1, -0.05) is 13.0 Å². The van der Waals surface area contributed by atoms with Crippen LogP contribution in [0, 0.1) is 20.8 Å². The normalized spacial score (nSPS) is 11.8. The molecule has 3 nitrogen and oxygen atoms in total. The van der Waals surface area contributed by atoms with Crippen LogP contribution in [0.2, 0.25) is 0 Å². The Bertz CT molecular complexity index is 487. The van der Waals surface area contributed by atoms with Gasteiger partial charge in [-0.2, -0.15) is 8.42 Å². The highest BCUT2D eigenvalue weighted by Gasteiger charge is 2.19. The molecule has 0 aliphatic heterocycles. The summed E-state index contributed by atoms with van der Waals surface area (Å²) < 4.78 is 31.6. The van der Waals surface area contributed by atoms with Gasteiger partial charge in [0.2, 0.25) is 0 Å². The minimum absolute atomic E-state index is 0.0601.